The van der Waals surface area contributed by atoms with Gasteiger partial charge in [-0.25, -0.2) is 0 Å². The minimum atomic E-state index is -4.39. The van der Waals surface area contributed by atoms with Crippen molar-refractivity contribution in [1.29, 1.82) is 0 Å². The largest absolute Gasteiger partial charge is 0.489 e. The number of nitrogens with zero attached hydrogens (tertiary/aromatic N) is 1. The van der Waals surface area contributed by atoms with Crippen molar-refractivity contribution in [3.05, 3.63) is 94.5 Å². The summed E-state index contributed by atoms with van der Waals surface area (Å²) in [4.78, 5) is 0. The summed E-state index contributed by atoms with van der Waals surface area (Å²) in [7, 11) is 0. The van der Waals surface area contributed by atoms with Crippen molar-refractivity contribution < 1.29 is 17.9 Å². The first-order valence-electron chi connectivity index (χ1n) is 8.34. The Morgan fingerprint density at radius 3 is 2.43 bits per heavy atom. The van der Waals surface area contributed by atoms with E-state index in [1.807, 2.05) is 18.2 Å². The fraction of sp³-hybridized carbons (Fsp3) is 0.0952. The van der Waals surface area contributed by atoms with Gasteiger partial charge in [0.2, 0.25) is 0 Å². The van der Waals surface area contributed by atoms with E-state index < -0.39 is 11.7 Å². The van der Waals surface area contributed by atoms with E-state index in [0.29, 0.717) is 17.4 Å². The molecule has 0 spiro atoms. The van der Waals surface area contributed by atoms with Crippen LogP contribution in [0.2, 0.25) is 5.02 Å². The van der Waals surface area contributed by atoms with Gasteiger partial charge in [-0.2, -0.15) is 18.3 Å². The van der Waals surface area contributed by atoms with Gasteiger partial charge in [0.15, 0.2) is 0 Å². The van der Waals surface area contributed by atoms with Crippen LogP contribution in [-0.4, -0.2) is 6.21 Å². The van der Waals surface area contributed by atoms with Crippen molar-refractivity contribution in [3.8, 4) is 5.75 Å². The van der Waals surface area contributed by atoms with E-state index in [1.165, 1.54) is 18.3 Å². The van der Waals surface area contributed by atoms with Gasteiger partial charge in [0.25, 0.3) is 0 Å². The Labute approximate surface area is 165 Å². The summed E-state index contributed by atoms with van der Waals surface area (Å²) in [6, 6.07) is 19.4. The van der Waals surface area contributed by atoms with Crippen molar-refractivity contribution in [3.63, 3.8) is 0 Å². The second kappa shape index (κ2) is 8.80. The number of hydrogen-bond donors (Lipinski definition) is 1. The first-order chi connectivity index (χ1) is 13.4. The number of nitrogens with one attached hydrogen (secondary N) is 1. The lowest BCUT2D eigenvalue weighted by Gasteiger charge is -2.08. The maximum absolute atomic E-state index is 12.7. The summed E-state index contributed by atoms with van der Waals surface area (Å²) in [5.74, 6) is 0.669. The third-order valence-corrected chi connectivity index (χ3v) is 4.20. The van der Waals surface area contributed by atoms with Crippen LogP contribution in [0, 0.1) is 0 Å². The topological polar surface area (TPSA) is 33.6 Å². The maximum atomic E-state index is 12.7. The first-order valence-corrected chi connectivity index (χ1v) is 8.72. The fourth-order valence-corrected chi connectivity index (χ4v) is 2.56. The zero-order valence-corrected chi connectivity index (χ0v) is 15.3. The molecule has 0 aliphatic rings. The highest BCUT2D eigenvalue weighted by molar-refractivity contribution is 6.31. The van der Waals surface area contributed by atoms with Gasteiger partial charge in [0.1, 0.15) is 12.4 Å². The molecule has 0 saturated heterocycles. The van der Waals surface area contributed by atoms with E-state index in [1.54, 1.807) is 30.3 Å². The van der Waals surface area contributed by atoms with Crippen LogP contribution in [0.4, 0.5) is 18.9 Å². The molecule has 7 heteroatoms. The molecule has 0 heterocycles. The Bertz CT molecular complexity index is 956. The van der Waals surface area contributed by atoms with E-state index in [0.717, 1.165) is 23.3 Å². The molecule has 0 amide bonds. The average Bonchev–Trinajstić information content (AvgIpc) is 2.68. The van der Waals surface area contributed by atoms with E-state index >= 15 is 0 Å². The first kappa shape index (κ1) is 19.8. The maximum Gasteiger partial charge on any atom is 0.416 e. The van der Waals surface area contributed by atoms with Crippen molar-refractivity contribution in [2.75, 3.05) is 5.43 Å². The van der Waals surface area contributed by atoms with E-state index in [9.17, 15) is 13.2 Å². The second-order valence-corrected chi connectivity index (χ2v) is 6.30. The standard InChI is InChI=1S/C21H16ClF3N2O/c22-20-7-2-1-4-16(20)14-28-19-10-8-15(9-11-19)13-26-27-18-6-3-5-17(12-18)21(23,24)25/h1-13,27H,14H2. The molecule has 0 aliphatic heterocycles. The third kappa shape index (κ3) is 5.50. The van der Waals surface area contributed by atoms with Crippen LogP contribution in [-0.2, 0) is 12.8 Å². The molecule has 0 fully saturated rings. The van der Waals surface area contributed by atoms with Crippen molar-refractivity contribution in [1.82, 2.24) is 0 Å². The molecule has 3 rings (SSSR count). The minimum Gasteiger partial charge on any atom is -0.489 e. The van der Waals surface area contributed by atoms with Crippen LogP contribution >= 0.6 is 11.6 Å². The lowest BCUT2D eigenvalue weighted by atomic mass is 10.2. The van der Waals surface area contributed by atoms with Gasteiger partial charge in [-0.1, -0.05) is 35.9 Å². The number of hydrazone groups is 1. The lowest BCUT2D eigenvalue weighted by Crippen LogP contribution is -2.05. The van der Waals surface area contributed by atoms with Crippen molar-refractivity contribution >= 4 is 23.5 Å². The Morgan fingerprint density at radius 1 is 0.964 bits per heavy atom. The van der Waals surface area contributed by atoms with Crippen LogP contribution < -0.4 is 10.2 Å². The van der Waals surface area contributed by atoms with Crippen LogP contribution in [0.5, 0.6) is 5.75 Å². The molecule has 0 unspecified atom stereocenters. The molecule has 3 aromatic rings. The number of ether oxygens (including phenoxy) is 1. The number of hydrogen-bond acceptors (Lipinski definition) is 3. The molecule has 3 nitrogen and oxygen atoms in total. The quantitative estimate of drug-likeness (QED) is 0.382. The highest BCUT2D eigenvalue weighted by Gasteiger charge is 2.30. The normalized spacial score (nSPS) is 11.6. The predicted molar refractivity (Wildman–Crippen MR) is 105 cm³/mol. The van der Waals surface area contributed by atoms with E-state index in [2.05, 4.69) is 10.5 Å². The third-order valence-electron chi connectivity index (χ3n) is 3.83. The van der Waals surface area contributed by atoms with Gasteiger partial charge < -0.3 is 4.74 Å². The van der Waals surface area contributed by atoms with E-state index in [-0.39, 0.29) is 5.69 Å². The Hall–Kier alpha value is -2.99. The minimum absolute atomic E-state index is 0.255. The van der Waals surface area contributed by atoms with E-state index in [4.69, 9.17) is 16.3 Å². The summed E-state index contributed by atoms with van der Waals surface area (Å²) in [6.45, 7) is 0.351. The van der Waals surface area contributed by atoms with Crippen LogP contribution in [0.1, 0.15) is 16.7 Å². The lowest BCUT2D eigenvalue weighted by molar-refractivity contribution is -0.137. The molecular formula is C21H16ClF3N2O. The predicted octanol–water partition coefficient (Wildman–Crippen LogP) is 6.38. The van der Waals surface area contributed by atoms with Crippen molar-refractivity contribution in [2.45, 2.75) is 12.8 Å². The van der Waals surface area contributed by atoms with Crippen molar-refractivity contribution in [2.24, 2.45) is 5.10 Å². The Morgan fingerprint density at radius 2 is 1.71 bits per heavy atom. The smallest absolute Gasteiger partial charge is 0.416 e. The molecule has 0 saturated carbocycles. The molecule has 1 N–H and O–H groups in total. The zero-order valence-electron chi connectivity index (χ0n) is 14.6. The number of rotatable bonds is 6. The van der Waals surface area contributed by atoms with Gasteiger partial charge >= 0.3 is 6.18 Å². The molecule has 0 aromatic heterocycles. The molecule has 28 heavy (non-hydrogen) atoms. The van der Waals surface area contributed by atoms with Crippen LogP contribution in [0.15, 0.2) is 77.9 Å². The highest BCUT2D eigenvalue weighted by atomic mass is 35.5. The Kier molecular flexibility index (Phi) is 6.21. The van der Waals surface area contributed by atoms with Gasteiger partial charge in [0, 0.05) is 10.6 Å². The fourth-order valence-electron chi connectivity index (χ4n) is 2.37. The summed E-state index contributed by atoms with van der Waals surface area (Å²) in [6.07, 6.45) is -2.88. The second-order valence-electron chi connectivity index (χ2n) is 5.90. The number of benzene rings is 3. The molecule has 0 bridgehead atoms. The molecular weight excluding hydrogens is 389 g/mol. The molecule has 0 aliphatic carbocycles. The van der Waals surface area contributed by atoms with Crippen LogP contribution in [0.25, 0.3) is 0 Å². The SMILES string of the molecule is FC(F)(F)c1cccc(NN=Cc2ccc(OCc3ccccc3Cl)cc2)c1. The van der Waals surface area contributed by atoms with Gasteiger partial charge in [-0.15, -0.1) is 0 Å². The Balaban J connectivity index is 1.56. The number of anilines is 1. The zero-order chi connectivity index (χ0) is 20.0. The van der Waals surface area contributed by atoms with Gasteiger partial charge in [0.05, 0.1) is 17.5 Å². The number of alkyl halides is 3. The summed E-state index contributed by atoms with van der Waals surface area (Å²) < 4.78 is 43.8. The van der Waals surface area contributed by atoms with Gasteiger partial charge in [-0.3, -0.25) is 5.43 Å². The molecule has 0 radical (unpaired) electrons. The molecule has 0 atom stereocenters. The highest BCUT2D eigenvalue weighted by Crippen LogP contribution is 2.30. The monoisotopic (exact) mass is 404 g/mol. The summed E-state index contributed by atoms with van der Waals surface area (Å²) >= 11 is 6.09. The summed E-state index contributed by atoms with van der Waals surface area (Å²) in [5.41, 5.74) is 3.78. The average molecular weight is 405 g/mol. The van der Waals surface area contributed by atoms with Crippen LogP contribution in [0.3, 0.4) is 0 Å². The number of halogens is 4. The molecule has 144 valence electrons. The molecule has 3 aromatic carbocycles. The summed E-state index contributed by atoms with van der Waals surface area (Å²) in [5, 5.41) is 4.61. The van der Waals surface area contributed by atoms with Gasteiger partial charge in [-0.05, 0) is 54.1 Å².